The van der Waals surface area contributed by atoms with E-state index in [0.29, 0.717) is 5.56 Å². The highest BCUT2D eigenvalue weighted by Crippen LogP contribution is 2.64. The summed E-state index contributed by atoms with van der Waals surface area (Å²) in [6, 6.07) is 28.1. The number of ketones is 1. The van der Waals surface area contributed by atoms with Crippen molar-refractivity contribution >= 4 is 47.5 Å². The Hall–Kier alpha value is -8.40. The summed E-state index contributed by atoms with van der Waals surface area (Å²) in [7, 11) is 0. The Bertz CT molecular complexity index is 3240. The number of carbonyl (C=O) groups is 8. The highest BCUT2D eigenvalue weighted by molar-refractivity contribution is 5.97. The molecule has 4 aromatic carbocycles. The molecule has 0 radical (unpaired) electrons. The van der Waals surface area contributed by atoms with Crippen LogP contribution < -0.4 is 5.32 Å². The van der Waals surface area contributed by atoms with E-state index in [-0.39, 0.29) is 52.1 Å². The molecule has 1 saturated heterocycles. The summed E-state index contributed by atoms with van der Waals surface area (Å²) in [6.45, 7) is 7.31. The maximum atomic E-state index is 15.8. The van der Waals surface area contributed by atoms with Gasteiger partial charge in [0.15, 0.2) is 17.5 Å². The van der Waals surface area contributed by atoms with Crippen LogP contribution in [0.25, 0.3) is 11.3 Å². The lowest BCUT2D eigenvalue weighted by atomic mass is 9.44. The van der Waals surface area contributed by atoms with Gasteiger partial charge in [0.05, 0.1) is 41.4 Å². The van der Waals surface area contributed by atoms with Crippen LogP contribution in [0.1, 0.15) is 97.1 Å². The second-order valence-electron chi connectivity index (χ2n) is 21.0. The SMILES string of the molecule is CC(=O)O[C@H]1C(=O)[C@@]2(C)[C@H]([C@H](OC(=O)c3ccccc3)[C@]3(O)C[C@H](OC(=O)[C@H](OC(=O)c4ccc(-c5cn(CC(=O)O)nn5)cc4)[C@@H](NC(=O)c4ccccc4)c4ccccc4)C(C)=C1C3(C)C)[C@]1(OC(C)=O)CO[C@@H]1C[C@@H]2O. The average molecular weight is 1080 g/mol. The third-order valence-corrected chi connectivity index (χ3v) is 15.9. The monoisotopic (exact) mass is 1080 g/mol. The maximum Gasteiger partial charge on any atom is 0.350 e. The van der Waals surface area contributed by atoms with E-state index >= 15 is 9.59 Å². The van der Waals surface area contributed by atoms with Gasteiger partial charge in [0.25, 0.3) is 5.91 Å². The number of benzene rings is 4. The van der Waals surface area contributed by atoms with Crippen LogP contribution in [-0.2, 0) is 58.9 Å². The fourth-order valence-electron chi connectivity index (χ4n) is 11.9. The maximum absolute atomic E-state index is 15.8. The Morgan fingerprint density at radius 3 is 1.99 bits per heavy atom. The molecule has 2 saturated carbocycles. The van der Waals surface area contributed by atoms with Gasteiger partial charge < -0.3 is 49.1 Å². The predicted molar refractivity (Wildman–Crippen MR) is 274 cm³/mol. The summed E-state index contributed by atoms with van der Waals surface area (Å²) >= 11 is 0. The largest absolute Gasteiger partial charge is 0.480 e. The molecule has 21 heteroatoms. The van der Waals surface area contributed by atoms with Gasteiger partial charge in [-0.2, -0.15) is 0 Å². The van der Waals surface area contributed by atoms with Crippen molar-refractivity contribution in [1.82, 2.24) is 20.3 Å². The molecule has 1 amide bonds. The summed E-state index contributed by atoms with van der Waals surface area (Å²) in [5.74, 6) is -9.47. The van der Waals surface area contributed by atoms with Crippen LogP contribution in [0.4, 0.5) is 0 Å². The molecule has 1 aromatic heterocycles. The number of esters is 5. The average Bonchev–Trinajstić information content (AvgIpc) is 3.11. The van der Waals surface area contributed by atoms with E-state index in [2.05, 4.69) is 15.6 Å². The molecule has 0 unspecified atom stereocenters. The number of carbonyl (C=O) groups excluding carboxylic acids is 7. The number of aliphatic hydroxyl groups excluding tert-OH is 1. The number of ether oxygens (including phenoxy) is 6. The highest BCUT2D eigenvalue weighted by atomic mass is 16.6. The van der Waals surface area contributed by atoms with Crippen LogP contribution in [-0.4, -0.2) is 132 Å². The van der Waals surface area contributed by atoms with Crippen molar-refractivity contribution in [3.63, 3.8) is 0 Å². The number of hydrogen-bond donors (Lipinski definition) is 4. The topological polar surface area (TPSA) is 295 Å². The zero-order valence-electron chi connectivity index (χ0n) is 43.9. The van der Waals surface area contributed by atoms with Gasteiger partial charge in [0, 0.05) is 43.2 Å². The molecule has 11 atom stereocenters. The summed E-state index contributed by atoms with van der Waals surface area (Å²) in [4.78, 5) is 112. The minimum atomic E-state index is -2.51. The number of Topliss-reactive ketones (excluding diaryl/α,β-unsaturated/α-hetero) is 1. The number of carboxylic acid groups (broad SMARTS) is 1. The van der Waals surface area contributed by atoms with E-state index in [4.69, 9.17) is 28.4 Å². The molecule has 2 heterocycles. The molecule has 5 aromatic rings. The molecule has 2 bridgehead atoms. The lowest BCUT2D eigenvalue weighted by molar-refractivity contribution is -0.346. The molecular formula is C58H58N4O17. The Labute approximate surface area is 452 Å². The first-order chi connectivity index (χ1) is 37.5. The van der Waals surface area contributed by atoms with Gasteiger partial charge in [-0.3, -0.25) is 24.0 Å². The normalized spacial score (nSPS) is 27.4. The molecular weight excluding hydrogens is 1020 g/mol. The summed E-state index contributed by atoms with van der Waals surface area (Å²) in [6.07, 6.45) is -9.76. The lowest BCUT2D eigenvalue weighted by Crippen LogP contribution is -2.82. The molecule has 0 spiro atoms. The summed E-state index contributed by atoms with van der Waals surface area (Å²) in [5.41, 5.74) is -7.13. The lowest BCUT2D eigenvalue weighted by Gasteiger charge is -2.67. The van der Waals surface area contributed by atoms with Gasteiger partial charge in [-0.15, -0.1) is 5.10 Å². The van der Waals surface area contributed by atoms with E-state index in [9.17, 15) is 44.1 Å². The number of nitrogens with zero attached hydrogens (tertiary/aromatic N) is 3. The van der Waals surface area contributed by atoms with Crippen LogP contribution in [0.2, 0.25) is 0 Å². The number of amides is 1. The van der Waals surface area contributed by atoms with Gasteiger partial charge in [0.1, 0.15) is 42.2 Å². The van der Waals surface area contributed by atoms with Crippen molar-refractivity contribution < 1.29 is 82.1 Å². The standard InChI is InChI=1S/C58H58N4O17/c1-31-40(76-54(72)47(45(35-16-10-7-11-17-35)59-51(69)36-18-12-8-13-19-36)77-52(70)38-24-22-34(23-25-38)39-28-62(61-60-39)29-43(66)67)27-58(73)50(78-53(71)37-20-14-9-15-21-37)48-56(6,41(65)26-42-57(48,30-74-42)79-33(3)64)49(68)46(75-32(2)63)44(31)55(58,4)5/h7-25,28,40-42,45-48,50,65,73H,26-27,29-30H2,1-6H3,(H,59,69)(H,66,67)/t40-,41-,42+,45-,46+,47+,48-,50-,56+,57-,58+/m0/s1. The fourth-order valence-corrected chi connectivity index (χ4v) is 11.9. The number of rotatable bonds is 15. The smallest absolute Gasteiger partial charge is 0.350 e. The molecule has 4 aliphatic rings. The molecule has 79 heavy (non-hydrogen) atoms. The number of carboxylic acids is 1. The van der Waals surface area contributed by atoms with E-state index in [1.165, 1.54) is 82.4 Å². The third-order valence-electron chi connectivity index (χ3n) is 15.9. The summed E-state index contributed by atoms with van der Waals surface area (Å²) in [5, 5.41) is 46.2. The molecule has 3 fully saturated rings. The van der Waals surface area contributed by atoms with Crippen LogP contribution in [0.3, 0.4) is 0 Å². The van der Waals surface area contributed by atoms with E-state index < -0.39 is 131 Å². The second kappa shape index (κ2) is 21.4. The third kappa shape index (κ3) is 10.1. The number of hydrogen-bond acceptors (Lipinski definition) is 18. The minimum Gasteiger partial charge on any atom is -0.480 e. The van der Waals surface area contributed by atoms with Crippen LogP contribution in [0, 0.1) is 16.7 Å². The molecule has 4 N–H and O–H groups in total. The first-order valence-electron chi connectivity index (χ1n) is 25.4. The summed E-state index contributed by atoms with van der Waals surface area (Å²) < 4.78 is 38.2. The first-order valence-corrected chi connectivity index (χ1v) is 25.4. The fraction of sp³-hybridized carbons (Fsp3) is 0.379. The van der Waals surface area contributed by atoms with Gasteiger partial charge >= 0.3 is 35.8 Å². The predicted octanol–water partition coefficient (Wildman–Crippen LogP) is 4.94. The van der Waals surface area contributed by atoms with Crippen molar-refractivity contribution in [3.05, 3.63) is 155 Å². The minimum absolute atomic E-state index is 0.0224. The second-order valence-corrected chi connectivity index (χ2v) is 21.0. The van der Waals surface area contributed by atoms with Gasteiger partial charge in [0.2, 0.25) is 6.10 Å². The van der Waals surface area contributed by atoms with Crippen molar-refractivity contribution in [3.8, 4) is 11.3 Å². The Kier molecular flexibility index (Phi) is 15.0. The zero-order chi connectivity index (χ0) is 56.8. The van der Waals surface area contributed by atoms with Gasteiger partial charge in [-0.05, 0) is 67.0 Å². The number of aliphatic carboxylic acids is 1. The number of nitrogens with one attached hydrogen (secondary N) is 1. The molecule has 3 aliphatic carbocycles. The van der Waals surface area contributed by atoms with Crippen molar-refractivity contribution in [1.29, 1.82) is 0 Å². The zero-order valence-corrected chi connectivity index (χ0v) is 43.9. The van der Waals surface area contributed by atoms with E-state index in [1.54, 1.807) is 66.7 Å². The van der Waals surface area contributed by atoms with Gasteiger partial charge in [-0.1, -0.05) is 97.9 Å². The Morgan fingerprint density at radius 1 is 0.797 bits per heavy atom. The highest BCUT2D eigenvalue weighted by Gasteiger charge is 2.78. The van der Waals surface area contributed by atoms with Crippen LogP contribution in [0.5, 0.6) is 0 Å². The van der Waals surface area contributed by atoms with E-state index in [0.717, 1.165) is 18.5 Å². The van der Waals surface area contributed by atoms with Gasteiger partial charge in [-0.25, -0.2) is 19.1 Å². The van der Waals surface area contributed by atoms with Crippen molar-refractivity contribution in [2.45, 2.75) is 115 Å². The molecule has 412 valence electrons. The van der Waals surface area contributed by atoms with Crippen molar-refractivity contribution in [2.75, 3.05) is 6.61 Å². The number of fused-ring (bicyclic) bond motifs is 5. The van der Waals surface area contributed by atoms with Crippen molar-refractivity contribution in [2.24, 2.45) is 16.7 Å². The Morgan fingerprint density at radius 2 is 1.41 bits per heavy atom. The molecule has 9 rings (SSSR count). The first kappa shape index (κ1) is 55.4. The molecule has 21 nitrogen and oxygen atoms in total. The Balaban J connectivity index is 1.18. The quantitative estimate of drug-likeness (QED) is 0.0613. The van der Waals surface area contributed by atoms with Crippen LogP contribution >= 0.6 is 0 Å². The number of aliphatic hydroxyl groups is 2. The number of aromatic nitrogens is 3. The molecule has 1 aliphatic heterocycles. The van der Waals surface area contributed by atoms with Crippen LogP contribution in [0.15, 0.2) is 133 Å². The van der Waals surface area contributed by atoms with E-state index in [1.807, 2.05) is 0 Å².